The first-order valence-electron chi connectivity index (χ1n) is 10.2. The quantitative estimate of drug-likeness (QED) is 0.862. The van der Waals surface area contributed by atoms with Gasteiger partial charge in [0.1, 0.15) is 0 Å². The number of aliphatic carboxylic acids is 1. The smallest absolute Gasteiger partial charge is 0.317 e. The van der Waals surface area contributed by atoms with Crippen LogP contribution in [-0.4, -0.2) is 36.1 Å². The minimum Gasteiger partial charge on any atom is -0.480 e. The highest BCUT2D eigenvalue weighted by molar-refractivity contribution is 5.69. The van der Waals surface area contributed by atoms with Crippen molar-refractivity contribution in [3.8, 4) is 0 Å². The number of carboxylic acids is 1. The Morgan fingerprint density at radius 1 is 1.04 bits per heavy atom. The maximum absolute atomic E-state index is 11.1. The summed E-state index contributed by atoms with van der Waals surface area (Å²) in [7, 11) is 1.93. The van der Waals surface area contributed by atoms with E-state index in [2.05, 4.69) is 42.5 Å². The molecule has 0 saturated heterocycles. The Morgan fingerprint density at radius 2 is 1.81 bits per heavy atom. The zero-order chi connectivity index (χ0) is 18.8. The molecule has 3 nitrogen and oxygen atoms in total. The van der Waals surface area contributed by atoms with Gasteiger partial charge in [0.05, 0.1) is 6.54 Å². The second-order valence-corrected chi connectivity index (χ2v) is 8.26. The second-order valence-electron chi connectivity index (χ2n) is 8.26. The Balaban J connectivity index is 1.72. The minimum atomic E-state index is -0.751. The molecule has 2 aliphatic carbocycles. The van der Waals surface area contributed by atoms with E-state index in [0.717, 1.165) is 19.4 Å². The zero-order valence-corrected chi connectivity index (χ0v) is 16.2. The molecule has 0 fully saturated rings. The van der Waals surface area contributed by atoms with Gasteiger partial charge in [0.15, 0.2) is 0 Å². The highest BCUT2D eigenvalue weighted by Gasteiger charge is 2.33. The number of fused-ring (bicyclic) bond motifs is 3. The summed E-state index contributed by atoms with van der Waals surface area (Å²) in [5, 5.41) is 9.14. The maximum atomic E-state index is 11.1. The van der Waals surface area contributed by atoms with Crippen LogP contribution in [0.1, 0.15) is 53.0 Å². The minimum absolute atomic E-state index is 0.106. The molecule has 0 radical (unpaired) electrons. The summed E-state index contributed by atoms with van der Waals surface area (Å²) in [5.74, 6) is 0.0587. The van der Waals surface area contributed by atoms with Crippen LogP contribution in [0.3, 0.4) is 0 Å². The molecule has 0 heterocycles. The van der Waals surface area contributed by atoms with E-state index in [1.807, 2.05) is 11.9 Å². The molecule has 3 heteroatoms. The molecule has 0 bridgehead atoms. The number of aryl methyl sites for hydroxylation is 1. The predicted molar refractivity (Wildman–Crippen MR) is 108 cm³/mol. The summed E-state index contributed by atoms with van der Waals surface area (Å²) >= 11 is 0. The van der Waals surface area contributed by atoms with Crippen LogP contribution in [0.4, 0.5) is 0 Å². The normalized spacial score (nSPS) is 21.6. The number of hydrogen-bond acceptors (Lipinski definition) is 2. The molecule has 2 aromatic carbocycles. The molecule has 4 rings (SSSR count). The summed E-state index contributed by atoms with van der Waals surface area (Å²) in [6, 6.07) is 15.5. The highest BCUT2D eigenvalue weighted by atomic mass is 16.4. The third-order valence-corrected chi connectivity index (χ3v) is 6.37. The number of hydrogen-bond donors (Lipinski definition) is 1. The van der Waals surface area contributed by atoms with Crippen molar-refractivity contribution in [2.24, 2.45) is 5.92 Å². The number of rotatable bonds is 5. The average molecular weight is 364 g/mol. The lowest BCUT2D eigenvalue weighted by Gasteiger charge is -2.38. The van der Waals surface area contributed by atoms with Crippen molar-refractivity contribution in [3.05, 3.63) is 70.3 Å². The molecule has 2 atom stereocenters. The number of carbonyl (C=O) groups is 1. The molecule has 0 saturated carbocycles. The zero-order valence-electron chi connectivity index (χ0n) is 16.2. The summed E-state index contributed by atoms with van der Waals surface area (Å²) in [6.45, 7) is 0.928. The van der Waals surface area contributed by atoms with E-state index in [1.165, 1.54) is 36.8 Å². The van der Waals surface area contributed by atoms with Gasteiger partial charge in [-0.05, 0) is 79.3 Å². The van der Waals surface area contributed by atoms with E-state index in [4.69, 9.17) is 5.11 Å². The van der Waals surface area contributed by atoms with Gasteiger partial charge < -0.3 is 5.11 Å². The van der Waals surface area contributed by atoms with Crippen LogP contribution in [0.5, 0.6) is 0 Å². The summed E-state index contributed by atoms with van der Waals surface area (Å²) in [4.78, 5) is 13.1. The average Bonchev–Trinajstić information content (AvgIpc) is 2.67. The molecule has 0 amide bonds. The first kappa shape index (κ1) is 18.2. The molecular formula is C24H29NO2. The van der Waals surface area contributed by atoms with Gasteiger partial charge in [-0.2, -0.15) is 0 Å². The Kier molecular flexibility index (Phi) is 5.31. The molecule has 0 aliphatic heterocycles. The first-order valence-corrected chi connectivity index (χ1v) is 10.2. The molecule has 1 N–H and O–H groups in total. The molecule has 2 unspecified atom stereocenters. The standard InChI is InChI=1S/C24H29NO2/c1-25(16-23(26)27)15-19-12-13-21-20-10-6-5-7-17(20)11-14-22(21)24(19)18-8-3-2-4-9-18/h2-4,8-9,11,14,19,24H,5-7,10,12-13,15-16H2,1H3,(H,26,27). The molecule has 0 spiro atoms. The summed E-state index contributed by atoms with van der Waals surface area (Å²) in [6.07, 6.45) is 7.34. The summed E-state index contributed by atoms with van der Waals surface area (Å²) < 4.78 is 0. The Bertz CT molecular complexity index is 815. The molecule has 27 heavy (non-hydrogen) atoms. The van der Waals surface area contributed by atoms with Crippen LogP contribution in [0.2, 0.25) is 0 Å². The van der Waals surface area contributed by atoms with Crippen molar-refractivity contribution in [2.45, 2.75) is 44.4 Å². The van der Waals surface area contributed by atoms with Gasteiger partial charge in [-0.15, -0.1) is 0 Å². The van der Waals surface area contributed by atoms with Crippen molar-refractivity contribution >= 4 is 5.97 Å². The molecule has 142 valence electrons. The predicted octanol–water partition coefficient (Wildman–Crippen LogP) is 4.28. The van der Waals surface area contributed by atoms with Crippen LogP contribution in [0, 0.1) is 5.92 Å². The van der Waals surface area contributed by atoms with Crippen molar-refractivity contribution in [3.63, 3.8) is 0 Å². The van der Waals surface area contributed by atoms with Crippen molar-refractivity contribution in [1.82, 2.24) is 4.90 Å². The van der Waals surface area contributed by atoms with Gasteiger partial charge in [0.25, 0.3) is 0 Å². The molecular weight excluding hydrogens is 334 g/mol. The largest absolute Gasteiger partial charge is 0.480 e. The Labute approximate surface area is 162 Å². The maximum Gasteiger partial charge on any atom is 0.317 e. The fourth-order valence-electron chi connectivity index (χ4n) is 5.26. The number of carboxylic acid groups (broad SMARTS) is 1. The third kappa shape index (κ3) is 3.79. The lowest BCUT2D eigenvalue weighted by molar-refractivity contribution is -0.138. The van der Waals surface area contributed by atoms with E-state index >= 15 is 0 Å². The van der Waals surface area contributed by atoms with E-state index < -0.39 is 5.97 Å². The fourth-order valence-corrected chi connectivity index (χ4v) is 5.26. The molecule has 0 aromatic heterocycles. The van der Waals surface area contributed by atoms with Crippen LogP contribution in [0.15, 0.2) is 42.5 Å². The Morgan fingerprint density at radius 3 is 2.59 bits per heavy atom. The van der Waals surface area contributed by atoms with Crippen LogP contribution in [-0.2, 0) is 24.1 Å². The second kappa shape index (κ2) is 7.85. The molecule has 2 aliphatic rings. The van der Waals surface area contributed by atoms with E-state index in [-0.39, 0.29) is 6.54 Å². The first-order chi connectivity index (χ1) is 13.1. The third-order valence-electron chi connectivity index (χ3n) is 6.37. The van der Waals surface area contributed by atoms with Gasteiger partial charge in [0, 0.05) is 12.5 Å². The summed E-state index contributed by atoms with van der Waals surface area (Å²) in [5.41, 5.74) is 7.63. The van der Waals surface area contributed by atoms with Gasteiger partial charge in [-0.1, -0.05) is 42.5 Å². The van der Waals surface area contributed by atoms with E-state index in [1.54, 1.807) is 16.7 Å². The highest BCUT2D eigenvalue weighted by Crippen LogP contribution is 2.44. The number of nitrogens with zero attached hydrogens (tertiary/aromatic N) is 1. The topological polar surface area (TPSA) is 40.5 Å². The van der Waals surface area contributed by atoms with E-state index in [0.29, 0.717) is 11.8 Å². The lowest BCUT2D eigenvalue weighted by atomic mass is 9.69. The lowest BCUT2D eigenvalue weighted by Crippen LogP contribution is -2.35. The number of benzene rings is 2. The fraction of sp³-hybridized carbons (Fsp3) is 0.458. The van der Waals surface area contributed by atoms with Crippen LogP contribution >= 0.6 is 0 Å². The van der Waals surface area contributed by atoms with Crippen molar-refractivity contribution < 1.29 is 9.90 Å². The van der Waals surface area contributed by atoms with E-state index in [9.17, 15) is 4.79 Å². The van der Waals surface area contributed by atoms with Gasteiger partial charge in [-0.3, -0.25) is 9.69 Å². The Hall–Kier alpha value is -2.13. The SMILES string of the molecule is CN(CC(=O)O)CC1CCc2c(ccc3c2CCCC3)C1c1ccccc1. The van der Waals surface area contributed by atoms with Crippen molar-refractivity contribution in [2.75, 3.05) is 20.1 Å². The monoisotopic (exact) mass is 363 g/mol. The van der Waals surface area contributed by atoms with Crippen molar-refractivity contribution in [1.29, 1.82) is 0 Å². The number of likely N-dealkylation sites (N-methyl/N-ethyl adjacent to an activating group) is 1. The molecule has 2 aromatic rings. The van der Waals surface area contributed by atoms with Gasteiger partial charge in [0.2, 0.25) is 0 Å². The van der Waals surface area contributed by atoms with Crippen LogP contribution in [0.25, 0.3) is 0 Å². The van der Waals surface area contributed by atoms with Gasteiger partial charge in [-0.25, -0.2) is 0 Å². The van der Waals surface area contributed by atoms with Crippen LogP contribution < -0.4 is 0 Å². The van der Waals surface area contributed by atoms with Gasteiger partial charge >= 0.3 is 5.97 Å².